The number of hydrogen-bond donors (Lipinski definition) is 2. The summed E-state index contributed by atoms with van der Waals surface area (Å²) in [7, 11) is -1.50. The van der Waals surface area contributed by atoms with Crippen LogP contribution in [0.1, 0.15) is 45.4 Å². The van der Waals surface area contributed by atoms with E-state index in [0.29, 0.717) is 0 Å². The maximum atomic E-state index is 8.57. The minimum atomic E-state index is -1.50. The van der Waals surface area contributed by atoms with Gasteiger partial charge >= 0.3 is 0 Å². The lowest BCUT2D eigenvalue weighted by molar-refractivity contribution is 0.524. The van der Waals surface area contributed by atoms with Gasteiger partial charge in [-0.15, -0.1) is 0 Å². The summed E-state index contributed by atoms with van der Waals surface area (Å²) >= 11 is 0. The van der Waals surface area contributed by atoms with Crippen molar-refractivity contribution in [1.29, 1.82) is 0 Å². The molecule has 0 radical (unpaired) electrons. The molecule has 0 spiro atoms. The smallest absolute Gasteiger partial charge is 0.177 e. The van der Waals surface area contributed by atoms with Crippen molar-refractivity contribution in [3.63, 3.8) is 0 Å². The Kier molecular flexibility index (Phi) is 21.1. The van der Waals surface area contributed by atoms with Crippen LogP contribution < -0.4 is 5.73 Å². The minimum absolute atomic E-state index is 0.867. The van der Waals surface area contributed by atoms with E-state index in [0.717, 1.165) is 6.54 Å². The molecule has 0 bridgehead atoms. The zero-order valence-corrected chi connectivity index (χ0v) is 9.11. The summed E-state index contributed by atoms with van der Waals surface area (Å²) in [6, 6.07) is 0. The van der Waals surface area contributed by atoms with Crippen molar-refractivity contribution in [2.75, 3.05) is 6.54 Å². The molecule has 0 rings (SSSR count). The van der Waals surface area contributed by atoms with E-state index in [-0.39, 0.29) is 0 Å². The van der Waals surface area contributed by atoms with Crippen molar-refractivity contribution in [3.05, 3.63) is 0 Å². The Labute approximate surface area is 76.6 Å². The van der Waals surface area contributed by atoms with E-state index in [1.54, 1.807) is 0 Å². The highest BCUT2D eigenvalue weighted by atomic mass is 31.1. The van der Waals surface area contributed by atoms with Crippen molar-refractivity contribution in [2.45, 2.75) is 45.4 Å². The fourth-order valence-electron chi connectivity index (χ4n) is 0.925. The maximum absolute atomic E-state index is 8.57. The summed E-state index contributed by atoms with van der Waals surface area (Å²) in [6.45, 7) is 3.11. The lowest BCUT2D eigenvalue weighted by Gasteiger charge is -1.96. The molecule has 0 amide bonds. The Morgan fingerprint density at radius 1 is 1.17 bits per heavy atom. The summed E-state index contributed by atoms with van der Waals surface area (Å²) in [5.41, 5.74) is 5.34. The Hall–Kier alpha value is 0.150. The average molecular weight is 195 g/mol. The second-order valence-corrected chi connectivity index (χ2v) is 2.87. The van der Waals surface area contributed by atoms with Gasteiger partial charge in [-0.05, 0) is 13.0 Å². The summed E-state index contributed by atoms with van der Waals surface area (Å²) in [5.74, 6) is 0. The molecule has 3 nitrogen and oxygen atoms in total. The van der Waals surface area contributed by atoms with E-state index >= 15 is 0 Å². The monoisotopic (exact) mass is 195 g/mol. The van der Waals surface area contributed by atoms with Crippen molar-refractivity contribution < 1.29 is 9.46 Å². The second kappa shape index (κ2) is 17.3. The third-order valence-corrected chi connectivity index (χ3v) is 1.56. The molecular formula is C8H22NO2P. The molecule has 0 heterocycles. The van der Waals surface area contributed by atoms with E-state index in [4.69, 9.17) is 15.2 Å². The molecule has 1 unspecified atom stereocenters. The van der Waals surface area contributed by atoms with Gasteiger partial charge in [-0.2, -0.15) is 0 Å². The normalized spacial score (nSPS) is 9.92. The molecule has 76 valence electrons. The molecule has 0 aromatic rings. The number of hydrogen-bond acceptors (Lipinski definition) is 2. The van der Waals surface area contributed by atoms with Gasteiger partial charge in [-0.25, -0.2) is 0 Å². The number of nitrogens with two attached hydrogens (primary N) is 1. The van der Waals surface area contributed by atoms with Crippen LogP contribution in [0.5, 0.6) is 0 Å². The third kappa shape index (κ3) is 22.5. The molecule has 0 aliphatic carbocycles. The zero-order valence-electron chi connectivity index (χ0n) is 7.96. The first-order valence-electron chi connectivity index (χ1n) is 4.61. The number of rotatable bonds is 6. The van der Waals surface area contributed by atoms with Gasteiger partial charge in [-0.1, -0.05) is 39.0 Å². The predicted octanol–water partition coefficient (Wildman–Crippen LogP) is 1.96. The van der Waals surface area contributed by atoms with Crippen LogP contribution in [-0.2, 0) is 4.57 Å². The first-order chi connectivity index (χ1) is 5.83. The quantitative estimate of drug-likeness (QED) is 0.503. The maximum Gasteiger partial charge on any atom is 0.177 e. The van der Waals surface area contributed by atoms with Crippen LogP contribution in [0.3, 0.4) is 0 Å². The first-order valence-corrected chi connectivity index (χ1v) is 5.60. The van der Waals surface area contributed by atoms with Gasteiger partial charge in [0.05, 0.1) is 0 Å². The molecule has 0 fully saturated rings. The lowest BCUT2D eigenvalue weighted by atomic mass is 10.1. The number of unbranched alkanes of at least 4 members (excludes halogenated alkanes) is 5. The van der Waals surface area contributed by atoms with Crippen molar-refractivity contribution in [1.82, 2.24) is 0 Å². The molecule has 0 aromatic heterocycles. The van der Waals surface area contributed by atoms with Crippen LogP contribution in [0.2, 0.25) is 0 Å². The Balaban J connectivity index is 0. The van der Waals surface area contributed by atoms with Gasteiger partial charge < -0.3 is 10.6 Å². The van der Waals surface area contributed by atoms with Gasteiger partial charge in [0.1, 0.15) is 0 Å². The molecule has 12 heavy (non-hydrogen) atoms. The van der Waals surface area contributed by atoms with E-state index in [1.807, 2.05) is 0 Å². The van der Waals surface area contributed by atoms with Crippen LogP contribution in [0.4, 0.5) is 0 Å². The molecule has 0 aliphatic rings. The molecule has 0 aliphatic heterocycles. The zero-order chi connectivity index (χ0) is 9.66. The lowest BCUT2D eigenvalue weighted by Crippen LogP contribution is -1.97. The highest BCUT2D eigenvalue weighted by Crippen LogP contribution is 2.03. The Bertz CT molecular complexity index is 75.5. The molecular weight excluding hydrogens is 173 g/mol. The van der Waals surface area contributed by atoms with Gasteiger partial charge in [-0.3, -0.25) is 4.57 Å². The van der Waals surface area contributed by atoms with Gasteiger partial charge in [0.25, 0.3) is 0 Å². The fraction of sp³-hybridized carbons (Fsp3) is 1.00. The second-order valence-electron chi connectivity index (χ2n) is 2.66. The van der Waals surface area contributed by atoms with E-state index < -0.39 is 8.69 Å². The van der Waals surface area contributed by atoms with Crippen molar-refractivity contribution in [2.24, 2.45) is 5.73 Å². The topological polar surface area (TPSA) is 63.3 Å². The van der Waals surface area contributed by atoms with E-state index in [9.17, 15) is 0 Å². The molecule has 0 aromatic carbocycles. The van der Waals surface area contributed by atoms with Crippen molar-refractivity contribution in [3.8, 4) is 0 Å². The van der Waals surface area contributed by atoms with Crippen LogP contribution in [0.25, 0.3) is 0 Å². The van der Waals surface area contributed by atoms with Crippen LogP contribution in [-0.4, -0.2) is 11.4 Å². The fourth-order valence-corrected chi connectivity index (χ4v) is 0.925. The summed E-state index contributed by atoms with van der Waals surface area (Å²) < 4.78 is 8.57. The Morgan fingerprint density at radius 3 is 2.00 bits per heavy atom. The van der Waals surface area contributed by atoms with Gasteiger partial charge in [0.15, 0.2) is 8.69 Å². The van der Waals surface area contributed by atoms with Crippen LogP contribution >= 0.6 is 8.69 Å². The SMILES string of the molecule is CCCCCCCCN.O=[PH2]O. The molecule has 1 atom stereocenters. The van der Waals surface area contributed by atoms with Gasteiger partial charge in [0, 0.05) is 0 Å². The first kappa shape index (κ1) is 14.7. The summed E-state index contributed by atoms with van der Waals surface area (Å²) in [6.07, 6.45) is 8.05. The highest BCUT2D eigenvalue weighted by Gasteiger charge is 1.85. The minimum Gasteiger partial charge on any atom is -0.348 e. The van der Waals surface area contributed by atoms with Gasteiger partial charge in [0.2, 0.25) is 0 Å². The molecule has 0 saturated heterocycles. The van der Waals surface area contributed by atoms with Crippen LogP contribution in [0.15, 0.2) is 0 Å². The molecule has 0 saturated carbocycles. The van der Waals surface area contributed by atoms with Crippen LogP contribution in [0, 0.1) is 0 Å². The summed E-state index contributed by atoms with van der Waals surface area (Å²) in [5, 5.41) is 0. The summed E-state index contributed by atoms with van der Waals surface area (Å²) in [4.78, 5) is 7.10. The standard InChI is InChI=1S/C8H19N.H3O2P/c1-2-3-4-5-6-7-8-9;1-3-2/h2-9H2,1H3;3H2,(H,1,2). The predicted molar refractivity (Wildman–Crippen MR) is 55.0 cm³/mol. The van der Waals surface area contributed by atoms with E-state index in [2.05, 4.69) is 6.92 Å². The highest BCUT2D eigenvalue weighted by molar-refractivity contribution is 7.16. The van der Waals surface area contributed by atoms with E-state index in [1.165, 1.54) is 38.5 Å². The molecule has 4 heteroatoms. The largest absolute Gasteiger partial charge is 0.348 e. The third-order valence-electron chi connectivity index (χ3n) is 1.56. The molecule has 3 N–H and O–H groups in total. The van der Waals surface area contributed by atoms with Crippen molar-refractivity contribution >= 4 is 8.69 Å². The Morgan fingerprint density at radius 2 is 1.58 bits per heavy atom. The average Bonchev–Trinajstić information content (AvgIpc) is 2.06.